The van der Waals surface area contributed by atoms with Gasteiger partial charge in [0, 0.05) is 5.56 Å². The van der Waals surface area contributed by atoms with Crippen LogP contribution in [0.1, 0.15) is 54.1 Å². The van der Waals surface area contributed by atoms with E-state index in [1.165, 1.54) is 18.2 Å². The zero-order chi connectivity index (χ0) is 26.3. The quantitative estimate of drug-likeness (QED) is 0.207. The van der Waals surface area contributed by atoms with Crippen molar-refractivity contribution >= 4 is 24.4 Å². The topological polar surface area (TPSA) is 51.2 Å². The molecule has 182 valence electrons. The van der Waals surface area contributed by atoms with Crippen LogP contribution in [0.15, 0.2) is 54.6 Å². The fourth-order valence-electron chi connectivity index (χ4n) is 3.98. The molecule has 3 nitrogen and oxygen atoms in total. The van der Waals surface area contributed by atoms with Gasteiger partial charge in [-0.15, -0.1) is 0 Å². The third kappa shape index (κ3) is 5.20. The van der Waals surface area contributed by atoms with Crippen LogP contribution in [0.3, 0.4) is 0 Å². The summed E-state index contributed by atoms with van der Waals surface area (Å²) in [6.45, 7) is 5.14. The van der Waals surface area contributed by atoms with Gasteiger partial charge in [0.1, 0.15) is 0 Å². The van der Waals surface area contributed by atoms with Crippen LogP contribution in [-0.4, -0.2) is 11.3 Å². The average Bonchev–Trinajstić information content (AvgIpc) is 2.75. The summed E-state index contributed by atoms with van der Waals surface area (Å²) in [5, 5.41) is -0.443. The normalized spacial score (nSPS) is 12.4. The highest BCUT2D eigenvalue weighted by Crippen LogP contribution is 2.43. The molecule has 0 saturated heterocycles. The molecule has 0 N–H and O–H groups in total. The van der Waals surface area contributed by atoms with Crippen molar-refractivity contribution in [2.45, 2.75) is 33.1 Å². The summed E-state index contributed by atoms with van der Waals surface area (Å²) >= 11 is 0. The van der Waals surface area contributed by atoms with Gasteiger partial charge in [0.05, 0.1) is 22.3 Å². The summed E-state index contributed by atoms with van der Waals surface area (Å²) in [5.74, 6) is -0.646. The summed E-state index contributed by atoms with van der Waals surface area (Å²) in [4.78, 5) is 26.3. The highest BCUT2D eigenvalue weighted by Gasteiger charge is 2.49. The molecule has 0 aliphatic heterocycles. The van der Waals surface area contributed by atoms with E-state index in [9.17, 15) is 40.5 Å². The van der Waals surface area contributed by atoms with E-state index in [-0.39, 0.29) is 11.1 Å². The van der Waals surface area contributed by atoms with E-state index < -0.39 is 53.5 Å². The van der Waals surface area contributed by atoms with Gasteiger partial charge in [0.2, 0.25) is 5.30 Å². The predicted molar refractivity (Wildman–Crippen MR) is 119 cm³/mol. The number of alkyl halides is 6. The summed E-state index contributed by atoms with van der Waals surface area (Å²) in [5.41, 5.74) is -5.28. The standard InChI is InChI=1S/C25H18F6O3P/c1-13-11-14(2)20(15(3)12-13)22(32)16-7-4-5-10-19(16)35(34)23(33)21-17(24(26,27)28)8-6-9-18(21)25(29,30)31/h4-12H,1-3H3/q+1. The molecule has 10 heteroatoms. The second-order valence-corrected chi connectivity index (χ2v) is 9.42. The molecule has 0 fully saturated rings. The Morgan fingerprint density at radius 1 is 0.714 bits per heavy atom. The van der Waals surface area contributed by atoms with Crippen LogP contribution in [0.4, 0.5) is 26.3 Å². The molecule has 35 heavy (non-hydrogen) atoms. The molecule has 0 radical (unpaired) electrons. The minimum atomic E-state index is -5.31. The molecule has 0 bridgehead atoms. The summed E-state index contributed by atoms with van der Waals surface area (Å²) < 4.78 is 94.3. The highest BCUT2D eigenvalue weighted by atomic mass is 31.1. The zero-order valence-electron chi connectivity index (χ0n) is 18.6. The van der Waals surface area contributed by atoms with E-state index in [1.807, 2.05) is 6.92 Å². The number of carbonyl (C=O) groups excluding carboxylic acids is 2. The Kier molecular flexibility index (Phi) is 7.04. The number of hydrogen-bond acceptors (Lipinski definition) is 3. The van der Waals surface area contributed by atoms with Crippen molar-refractivity contribution in [3.05, 3.63) is 99.1 Å². The van der Waals surface area contributed by atoms with Gasteiger partial charge in [-0.05, 0) is 56.2 Å². The van der Waals surface area contributed by atoms with Gasteiger partial charge >= 0.3 is 25.7 Å². The van der Waals surface area contributed by atoms with E-state index in [2.05, 4.69) is 0 Å². The van der Waals surface area contributed by atoms with Crippen molar-refractivity contribution in [1.82, 2.24) is 0 Å². The minimum absolute atomic E-state index is 0.241. The van der Waals surface area contributed by atoms with Crippen molar-refractivity contribution < 1.29 is 40.5 Å². The molecule has 0 heterocycles. The molecule has 3 aromatic rings. The molecule has 1 atom stereocenters. The van der Waals surface area contributed by atoms with Crippen LogP contribution in [0.2, 0.25) is 0 Å². The molecule has 3 rings (SSSR count). The van der Waals surface area contributed by atoms with Crippen LogP contribution >= 0.6 is 7.80 Å². The van der Waals surface area contributed by atoms with Crippen LogP contribution in [0.25, 0.3) is 0 Å². The second kappa shape index (κ2) is 9.38. The van der Waals surface area contributed by atoms with E-state index in [0.717, 1.165) is 11.6 Å². The number of ketones is 1. The number of benzene rings is 3. The van der Waals surface area contributed by atoms with E-state index in [0.29, 0.717) is 29.3 Å². The average molecular weight is 511 g/mol. The Morgan fingerprint density at radius 3 is 1.69 bits per heavy atom. The van der Waals surface area contributed by atoms with Gasteiger partial charge in [0.25, 0.3) is 0 Å². The second-order valence-electron chi connectivity index (χ2n) is 7.94. The van der Waals surface area contributed by atoms with Gasteiger partial charge in [-0.3, -0.25) is 4.79 Å². The molecule has 0 saturated carbocycles. The van der Waals surface area contributed by atoms with Crippen molar-refractivity contribution in [2.24, 2.45) is 0 Å². The first kappa shape index (κ1) is 26.3. The summed E-state index contributed by atoms with van der Waals surface area (Å²) in [6.07, 6.45) is -10.6. The third-order valence-electron chi connectivity index (χ3n) is 5.35. The van der Waals surface area contributed by atoms with Crippen LogP contribution in [-0.2, 0) is 16.9 Å². The molecule has 1 unspecified atom stereocenters. The van der Waals surface area contributed by atoms with Gasteiger partial charge in [-0.2, -0.15) is 26.3 Å². The summed E-state index contributed by atoms with van der Waals surface area (Å²) in [7, 11) is -3.52. The zero-order valence-corrected chi connectivity index (χ0v) is 19.5. The Morgan fingerprint density at radius 2 is 1.20 bits per heavy atom. The first-order chi connectivity index (χ1) is 16.1. The maximum absolute atomic E-state index is 13.5. The molecule has 0 spiro atoms. The van der Waals surface area contributed by atoms with Gasteiger partial charge < -0.3 is 0 Å². The lowest BCUT2D eigenvalue weighted by Gasteiger charge is -2.15. The van der Waals surface area contributed by atoms with Crippen LogP contribution < -0.4 is 5.30 Å². The van der Waals surface area contributed by atoms with Gasteiger partial charge in [-0.1, -0.05) is 40.5 Å². The number of aryl methyl sites for hydroxylation is 3. The highest BCUT2D eigenvalue weighted by molar-refractivity contribution is 7.71. The minimum Gasteiger partial charge on any atom is -0.288 e. The van der Waals surface area contributed by atoms with Crippen molar-refractivity contribution in [3.63, 3.8) is 0 Å². The third-order valence-corrected chi connectivity index (χ3v) is 6.77. The summed E-state index contributed by atoms with van der Waals surface area (Å²) in [6, 6.07) is 9.63. The van der Waals surface area contributed by atoms with Crippen LogP contribution in [0.5, 0.6) is 0 Å². The van der Waals surface area contributed by atoms with E-state index in [1.54, 1.807) is 26.0 Å². The molecule has 0 aliphatic rings. The van der Waals surface area contributed by atoms with E-state index in [4.69, 9.17) is 0 Å². The first-order valence-electron chi connectivity index (χ1n) is 10.1. The molecular weight excluding hydrogens is 493 g/mol. The van der Waals surface area contributed by atoms with Gasteiger partial charge in [0.15, 0.2) is 5.78 Å². The number of rotatable bonds is 5. The number of carbonyl (C=O) groups is 2. The number of hydrogen-bond donors (Lipinski definition) is 0. The Balaban J connectivity index is 2.19. The fourth-order valence-corrected chi connectivity index (χ4v) is 5.26. The van der Waals surface area contributed by atoms with Crippen molar-refractivity contribution in [1.29, 1.82) is 0 Å². The molecule has 0 amide bonds. The monoisotopic (exact) mass is 511 g/mol. The largest absolute Gasteiger partial charge is 0.459 e. The SMILES string of the molecule is Cc1cc(C)c(C(=O)c2ccccc2[P+](=O)C(=O)c2c(C(F)(F)F)cccc2C(F)(F)F)c(C)c1. The lowest BCUT2D eigenvalue weighted by molar-refractivity contribution is -0.143. The number of halogens is 6. The molecular formula is C25H18F6O3P+. The lowest BCUT2D eigenvalue weighted by Crippen LogP contribution is -2.22. The Hall–Kier alpha value is -3.32. The Bertz CT molecular complexity index is 1300. The maximum atomic E-state index is 13.5. The maximum Gasteiger partial charge on any atom is 0.459 e. The van der Waals surface area contributed by atoms with Crippen molar-refractivity contribution in [2.75, 3.05) is 0 Å². The Labute approximate surface area is 197 Å². The van der Waals surface area contributed by atoms with Gasteiger partial charge in [-0.25, -0.2) is 4.79 Å². The fraction of sp³-hybridized carbons (Fsp3) is 0.200. The molecule has 3 aromatic carbocycles. The molecule has 0 aliphatic carbocycles. The smallest absolute Gasteiger partial charge is 0.288 e. The van der Waals surface area contributed by atoms with E-state index >= 15 is 0 Å². The lowest BCUT2D eigenvalue weighted by atomic mass is 9.93. The molecule has 0 aromatic heterocycles. The van der Waals surface area contributed by atoms with Crippen LogP contribution in [0, 0.1) is 20.8 Å². The van der Waals surface area contributed by atoms with Crippen molar-refractivity contribution in [3.8, 4) is 0 Å². The first-order valence-corrected chi connectivity index (χ1v) is 11.4. The predicted octanol–water partition coefficient (Wildman–Crippen LogP) is 7.17.